The van der Waals surface area contributed by atoms with Crippen LogP contribution in [0.1, 0.15) is 37.7 Å². The van der Waals surface area contributed by atoms with Gasteiger partial charge in [0.1, 0.15) is 12.7 Å². The molecular formula is C20H28N4O2. The van der Waals surface area contributed by atoms with Gasteiger partial charge >= 0.3 is 0 Å². The zero-order valence-electron chi connectivity index (χ0n) is 15.3. The van der Waals surface area contributed by atoms with Crippen LogP contribution in [0.15, 0.2) is 43.0 Å². The van der Waals surface area contributed by atoms with Crippen molar-refractivity contribution >= 4 is 5.91 Å². The summed E-state index contributed by atoms with van der Waals surface area (Å²) < 4.78 is 1.68. The molecule has 1 aliphatic heterocycles. The van der Waals surface area contributed by atoms with Gasteiger partial charge in [0, 0.05) is 24.9 Å². The van der Waals surface area contributed by atoms with Gasteiger partial charge < -0.3 is 10.0 Å². The first-order valence-corrected chi connectivity index (χ1v) is 9.46. The summed E-state index contributed by atoms with van der Waals surface area (Å²) in [6.07, 6.45) is 8.49. The second kappa shape index (κ2) is 8.94. The van der Waals surface area contributed by atoms with Gasteiger partial charge in [-0.2, -0.15) is 5.10 Å². The number of piperidine rings is 1. The SMILES string of the molecule is O=C(CCn1cncn1)N1CCC[C@@](CO)(CCCc2ccccc2)C1. The maximum absolute atomic E-state index is 12.6. The summed E-state index contributed by atoms with van der Waals surface area (Å²) in [5, 5.41) is 14.1. The fourth-order valence-electron chi connectivity index (χ4n) is 3.86. The van der Waals surface area contributed by atoms with Crippen LogP contribution in [-0.4, -0.2) is 50.4 Å². The van der Waals surface area contributed by atoms with Gasteiger partial charge in [0.15, 0.2) is 0 Å². The number of aryl methyl sites for hydroxylation is 2. The van der Waals surface area contributed by atoms with Gasteiger partial charge in [-0.15, -0.1) is 0 Å². The smallest absolute Gasteiger partial charge is 0.224 e. The van der Waals surface area contributed by atoms with E-state index in [1.165, 1.54) is 11.9 Å². The highest BCUT2D eigenvalue weighted by molar-refractivity contribution is 5.76. The van der Waals surface area contributed by atoms with E-state index in [-0.39, 0.29) is 17.9 Å². The van der Waals surface area contributed by atoms with Gasteiger partial charge in [0.25, 0.3) is 0 Å². The number of carbonyl (C=O) groups excluding carboxylic acids is 1. The molecule has 1 aromatic carbocycles. The third-order valence-corrected chi connectivity index (χ3v) is 5.39. The van der Waals surface area contributed by atoms with Crippen molar-refractivity contribution in [1.29, 1.82) is 0 Å². The number of aromatic nitrogens is 3. The Labute approximate surface area is 154 Å². The van der Waals surface area contributed by atoms with Crippen molar-refractivity contribution in [3.63, 3.8) is 0 Å². The lowest BCUT2D eigenvalue weighted by Gasteiger charge is -2.42. The van der Waals surface area contributed by atoms with E-state index in [0.717, 1.165) is 38.6 Å². The Bertz CT molecular complexity index is 674. The molecule has 1 fully saturated rings. The van der Waals surface area contributed by atoms with Gasteiger partial charge in [-0.05, 0) is 37.7 Å². The van der Waals surface area contributed by atoms with E-state index in [2.05, 4.69) is 34.3 Å². The normalized spacial score (nSPS) is 20.3. The Hall–Kier alpha value is -2.21. The lowest BCUT2D eigenvalue weighted by Crippen LogP contribution is -2.48. The summed E-state index contributed by atoms with van der Waals surface area (Å²) in [5.74, 6) is 0.140. The third-order valence-electron chi connectivity index (χ3n) is 5.39. The molecule has 1 aliphatic rings. The van der Waals surface area contributed by atoms with Crippen LogP contribution in [-0.2, 0) is 17.8 Å². The van der Waals surface area contributed by atoms with Gasteiger partial charge in [0.05, 0.1) is 13.2 Å². The highest BCUT2D eigenvalue weighted by Crippen LogP contribution is 2.35. The average Bonchev–Trinajstić information content (AvgIpc) is 3.21. The van der Waals surface area contributed by atoms with Gasteiger partial charge in [0.2, 0.25) is 5.91 Å². The molecule has 2 heterocycles. The molecule has 0 unspecified atom stereocenters. The first-order chi connectivity index (χ1) is 12.7. The number of hydrogen-bond donors (Lipinski definition) is 1. The Morgan fingerprint density at radius 1 is 1.27 bits per heavy atom. The summed E-state index contributed by atoms with van der Waals surface area (Å²) in [6, 6.07) is 10.4. The zero-order chi connectivity index (χ0) is 18.2. The number of aliphatic hydroxyl groups excluding tert-OH is 1. The third kappa shape index (κ3) is 4.91. The fraction of sp³-hybridized carbons (Fsp3) is 0.550. The molecule has 2 aromatic rings. The van der Waals surface area contributed by atoms with E-state index in [1.54, 1.807) is 11.0 Å². The summed E-state index contributed by atoms with van der Waals surface area (Å²) >= 11 is 0. The topological polar surface area (TPSA) is 71.2 Å². The highest BCUT2D eigenvalue weighted by atomic mass is 16.3. The predicted molar refractivity (Wildman–Crippen MR) is 99.4 cm³/mol. The molecule has 1 aromatic heterocycles. The van der Waals surface area contributed by atoms with E-state index in [0.29, 0.717) is 19.5 Å². The van der Waals surface area contributed by atoms with Crippen LogP contribution in [0.2, 0.25) is 0 Å². The van der Waals surface area contributed by atoms with E-state index in [1.807, 2.05) is 11.0 Å². The summed E-state index contributed by atoms with van der Waals surface area (Å²) in [4.78, 5) is 18.4. The number of carbonyl (C=O) groups is 1. The minimum Gasteiger partial charge on any atom is -0.396 e. The van der Waals surface area contributed by atoms with Crippen LogP contribution >= 0.6 is 0 Å². The van der Waals surface area contributed by atoms with Crippen molar-refractivity contribution < 1.29 is 9.90 Å². The summed E-state index contributed by atoms with van der Waals surface area (Å²) in [7, 11) is 0. The van der Waals surface area contributed by atoms with Crippen molar-refractivity contribution in [2.75, 3.05) is 19.7 Å². The second-order valence-electron chi connectivity index (χ2n) is 7.32. The molecule has 0 bridgehead atoms. The molecule has 1 N–H and O–H groups in total. The maximum atomic E-state index is 12.6. The van der Waals surface area contributed by atoms with E-state index < -0.39 is 0 Å². The molecular weight excluding hydrogens is 328 g/mol. The molecule has 140 valence electrons. The van der Waals surface area contributed by atoms with Crippen molar-refractivity contribution in [3.8, 4) is 0 Å². The number of rotatable bonds is 8. The molecule has 1 atom stereocenters. The number of hydrogen-bond acceptors (Lipinski definition) is 4. The van der Waals surface area contributed by atoms with Gasteiger partial charge in [-0.25, -0.2) is 4.98 Å². The van der Waals surface area contributed by atoms with Gasteiger partial charge in [-0.3, -0.25) is 9.48 Å². The van der Waals surface area contributed by atoms with E-state index >= 15 is 0 Å². The Balaban J connectivity index is 1.51. The lowest BCUT2D eigenvalue weighted by molar-refractivity contribution is -0.136. The molecule has 6 nitrogen and oxygen atoms in total. The number of amides is 1. The lowest BCUT2D eigenvalue weighted by atomic mass is 9.76. The fourth-order valence-corrected chi connectivity index (χ4v) is 3.86. The summed E-state index contributed by atoms with van der Waals surface area (Å²) in [6.45, 7) is 2.15. The van der Waals surface area contributed by atoms with E-state index in [9.17, 15) is 9.90 Å². The minimum atomic E-state index is -0.157. The zero-order valence-corrected chi connectivity index (χ0v) is 15.3. The number of benzene rings is 1. The average molecular weight is 356 g/mol. The molecule has 1 amide bonds. The van der Waals surface area contributed by atoms with Crippen LogP contribution < -0.4 is 0 Å². The monoisotopic (exact) mass is 356 g/mol. The second-order valence-corrected chi connectivity index (χ2v) is 7.32. The van der Waals surface area contributed by atoms with E-state index in [4.69, 9.17) is 0 Å². The van der Waals surface area contributed by atoms with Gasteiger partial charge in [-0.1, -0.05) is 30.3 Å². The summed E-state index contributed by atoms with van der Waals surface area (Å²) in [5.41, 5.74) is 1.17. The minimum absolute atomic E-state index is 0.140. The van der Waals surface area contributed by atoms with Crippen LogP contribution in [0.25, 0.3) is 0 Å². The largest absolute Gasteiger partial charge is 0.396 e. The van der Waals surface area contributed by atoms with Crippen LogP contribution in [0.5, 0.6) is 0 Å². The highest BCUT2D eigenvalue weighted by Gasteiger charge is 2.36. The Morgan fingerprint density at radius 3 is 2.85 bits per heavy atom. The first kappa shape index (κ1) is 18.6. The van der Waals surface area contributed by atoms with Crippen molar-refractivity contribution in [3.05, 3.63) is 48.5 Å². The molecule has 0 saturated carbocycles. The quantitative estimate of drug-likeness (QED) is 0.788. The van der Waals surface area contributed by atoms with Crippen molar-refractivity contribution in [2.45, 2.75) is 45.1 Å². The molecule has 0 radical (unpaired) electrons. The molecule has 6 heteroatoms. The predicted octanol–water partition coefficient (Wildman–Crippen LogP) is 2.29. The van der Waals surface area contributed by atoms with Crippen molar-refractivity contribution in [2.24, 2.45) is 5.41 Å². The molecule has 26 heavy (non-hydrogen) atoms. The van der Waals surface area contributed by atoms with Crippen LogP contribution in [0.4, 0.5) is 0 Å². The van der Waals surface area contributed by atoms with Crippen LogP contribution in [0.3, 0.4) is 0 Å². The molecule has 0 aliphatic carbocycles. The number of aliphatic hydroxyl groups is 1. The molecule has 1 saturated heterocycles. The van der Waals surface area contributed by atoms with Crippen LogP contribution in [0, 0.1) is 5.41 Å². The molecule has 3 rings (SSSR count). The van der Waals surface area contributed by atoms with Crippen molar-refractivity contribution in [1.82, 2.24) is 19.7 Å². The number of likely N-dealkylation sites (tertiary alicyclic amines) is 1. The maximum Gasteiger partial charge on any atom is 0.224 e. The Kier molecular flexibility index (Phi) is 6.39. The molecule has 0 spiro atoms. The standard InChI is InChI=1S/C20H28N4O2/c25-15-20(10-4-8-18-6-2-1-3-7-18)11-5-12-23(14-20)19(26)9-13-24-17-21-16-22-24/h1-3,6-7,16-17,25H,4-5,8-15H2/t20-/m0/s1. The first-order valence-electron chi connectivity index (χ1n) is 9.46. The Morgan fingerprint density at radius 2 is 2.12 bits per heavy atom. The number of nitrogens with zero attached hydrogens (tertiary/aromatic N) is 4.